The molecule has 0 aliphatic carbocycles. The molecule has 6 heteroatoms. The first-order chi connectivity index (χ1) is 11.2. The van der Waals surface area contributed by atoms with Crippen LogP contribution in [0.4, 0.5) is 0 Å². The first-order valence-corrected chi connectivity index (χ1v) is 10.0. The van der Waals surface area contributed by atoms with Crippen LogP contribution in [0.25, 0.3) is 0 Å². The van der Waals surface area contributed by atoms with Crippen molar-refractivity contribution in [2.24, 2.45) is 11.8 Å². The van der Waals surface area contributed by atoms with E-state index in [-0.39, 0.29) is 17.9 Å². The molecule has 1 aromatic rings. The Labute approximate surface area is 145 Å². The minimum Gasteiger partial charge on any atom is -0.353 e. The van der Waals surface area contributed by atoms with E-state index in [4.69, 9.17) is 0 Å². The number of hydrogen-bond donors (Lipinski definition) is 1. The Kier molecular flexibility index (Phi) is 6.04. The summed E-state index contributed by atoms with van der Waals surface area (Å²) in [6, 6.07) is 7.09. The van der Waals surface area contributed by atoms with Crippen molar-refractivity contribution in [3.05, 3.63) is 29.8 Å². The Hall–Kier alpha value is -1.40. The summed E-state index contributed by atoms with van der Waals surface area (Å²) in [6.07, 6.45) is 1.14. The van der Waals surface area contributed by atoms with Gasteiger partial charge in [-0.25, -0.2) is 8.42 Å². The first kappa shape index (κ1) is 18.9. The molecule has 0 spiro atoms. The standard InChI is InChI=1S/C18H28N2O3S/c1-13(2)15(4)19-18(21)16-8-10-20(11-9-16)24(22,23)17-7-5-6-14(3)12-17/h5-7,12-13,15-16H,8-11H2,1-4H3,(H,19,21). The van der Waals surface area contributed by atoms with Crippen molar-refractivity contribution >= 4 is 15.9 Å². The monoisotopic (exact) mass is 352 g/mol. The van der Waals surface area contributed by atoms with Crippen molar-refractivity contribution in [1.82, 2.24) is 9.62 Å². The highest BCUT2D eigenvalue weighted by Gasteiger charge is 2.32. The molecule has 0 aromatic heterocycles. The molecule has 1 atom stereocenters. The zero-order valence-electron chi connectivity index (χ0n) is 15.0. The average Bonchev–Trinajstić information content (AvgIpc) is 2.54. The highest BCUT2D eigenvalue weighted by atomic mass is 32.2. The lowest BCUT2D eigenvalue weighted by Gasteiger charge is -2.31. The average molecular weight is 353 g/mol. The molecule has 2 rings (SSSR count). The van der Waals surface area contributed by atoms with Gasteiger partial charge in [0.2, 0.25) is 15.9 Å². The van der Waals surface area contributed by atoms with Crippen LogP contribution in [0.3, 0.4) is 0 Å². The summed E-state index contributed by atoms with van der Waals surface area (Å²) in [5, 5.41) is 3.03. The van der Waals surface area contributed by atoms with Crippen molar-refractivity contribution in [2.45, 2.75) is 51.5 Å². The number of nitrogens with zero attached hydrogens (tertiary/aromatic N) is 1. The smallest absolute Gasteiger partial charge is 0.243 e. The quantitative estimate of drug-likeness (QED) is 0.886. The maximum Gasteiger partial charge on any atom is 0.243 e. The van der Waals surface area contributed by atoms with E-state index in [0.717, 1.165) is 5.56 Å². The van der Waals surface area contributed by atoms with Crippen LogP contribution >= 0.6 is 0 Å². The van der Waals surface area contributed by atoms with Crippen LogP contribution in [0, 0.1) is 18.8 Å². The maximum absolute atomic E-state index is 12.7. The Morgan fingerprint density at radius 2 is 1.83 bits per heavy atom. The summed E-state index contributed by atoms with van der Waals surface area (Å²) in [5.41, 5.74) is 0.924. The van der Waals surface area contributed by atoms with Gasteiger partial charge in [-0.15, -0.1) is 0 Å². The van der Waals surface area contributed by atoms with Crippen LogP contribution in [0.1, 0.15) is 39.2 Å². The zero-order valence-corrected chi connectivity index (χ0v) is 15.8. The van der Waals surface area contributed by atoms with Gasteiger partial charge in [-0.05, 0) is 50.3 Å². The molecule has 5 nitrogen and oxygen atoms in total. The fourth-order valence-electron chi connectivity index (χ4n) is 2.79. The fourth-order valence-corrected chi connectivity index (χ4v) is 4.37. The van der Waals surface area contributed by atoms with Crippen molar-refractivity contribution < 1.29 is 13.2 Å². The molecule has 0 saturated carbocycles. The van der Waals surface area contributed by atoms with E-state index in [1.165, 1.54) is 4.31 Å². The normalized spacial score (nSPS) is 18.5. The zero-order chi connectivity index (χ0) is 17.9. The third-order valence-electron chi connectivity index (χ3n) is 4.82. The Morgan fingerprint density at radius 1 is 1.21 bits per heavy atom. The summed E-state index contributed by atoms with van der Waals surface area (Å²) in [5.74, 6) is 0.328. The summed E-state index contributed by atoms with van der Waals surface area (Å²) in [6.45, 7) is 8.81. The van der Waals surface area contributed by atoms with Crippen molar-refractivity contribution in [2.75, 3.05) is 13.1 Å². The molecule has 1 saturated heterocycles. The van der Waals surface area contributed by atoms with Gasteiger partial charge in [0.15, 0.2) is 0 Å². The number of piperidine rings is 1. The molecule has 1 N–H and O–H groups in total. The number of rotatable bonds is 5. The molecule has 1 aliphatic rings. The van der Waals surface area contributed by atoms with E-state index in [0.29, 0.717) is 36.7 Å². The lowest BCUT2D eigenvalue weighted by Crippen LogP contribution is -2.45. The number of nitrogens with one attached hydrogen (secondary N) is 1. The molecule has 1 aliphatic heterocycles. The topological polar surface area (TPSA) is 66.5 Å². The predicted octanol–water partition coefficient (Wildman–Crippen LogP) is 2.56. The number of carbonyl (C=O) groups is 1. The van der Waals surface area contributed by atoms with Crippen LogP contribution in [0.5, 0.6) is 0 Å². The Morgan fingerprint density at radius 3 is 2.38 bits per heavy atom. The highest BCUT2D eigenvalue weighted by Crippen LogP contribution is 2.24. The molecule has 134 valence electrons. The molecule has 1 amide bonds. The van der Waals surface area contributed by atoms with E-state index in [1.54, 1.807) is 18.2 Å². The van der Waals surface area contributed by atoms with Gasteiger partial charge in [0.05, 0.1) is 4.90 Å². The van der Waals surface area contributed by atoms with Gasteiger partial charge < -0.3 is 5.32 Å². The lowest BCUT2D eigenvalue weighted by molar-refractivity contribution is -0.127. The van der Waals surface area contributed by atoms with E-state index in [1.807, 2.05) is 19.9 Å². The van der Waals surface area contributed by atoms with Gasteiger partial charge in [0, 0.05) is 25.0 Å². The van der Waals surface area contributed by atoms with E-state index in [2.05, 4.69) is 19.2 Å². The molecule has 0 bridgehead atoms. The number of hydrogen-bond acceptors (Lipinski definition) is 3. The van der Waals surface area contributed by atoms with Crippen molar-refractivity contribution in [1.29, 1.82) is 0 Å². The third-order valence-corrected chi connectivity index (χ3v) is 6.72. The van der Waals surface area contributed by atoms with Crippen molar-refractivity contribution in [3.8, 4) is 0 Å². The number of benzene rings is 1. The summed E-state index contributed by atoms with van der Waals surface area (Å²) < 4.78 is 26.9. The minimum atomic E-state index is -3.47. The van der Waals surface area contributed by atoms with Gasteiger partial charge >= 0.3 is 0 Å². The SMILES string of the molecule is Cc1cccc(S(=O)(=O)N2CCC(C(=O)NC(C)C(C)C)CC2)c1. The molecule has 0 radical (unpaired) electrons. The second-order valence-corrected chi connectivity index (χ2v) is 8.97. The molecule has 1 unspecified atom stereocenters. The van der Waals surface area contributed by atoms with Crippen LogP contribution in [-0.2, 0) is 14.8 Å². The van der Waals surface area contributed by atoms with Crippen LogP contribution in [-0.4, -0.2) is 37.8 Å². The van der Waals surface area contributed by atoms with E-state index in [9.17, 15) is 13.2 Å². The van der Waals surface area contributed by atoms with Crippen molar-refractivity contribution in [3.63, 3.8) is 0 Å². The third kappa shape index (κ3) is 4.36. The van der Waals surface area contributed by atoms with Gasteiger partial charge in [-0.2, -0.15) is 4.31 Å². The number of sulfonamides is 1. The molecular weight excluding hydrogens is 324 g/mol. The molecule has 1 aromatic carbocycles. The Balaban J connectivity index is 1.98. The van der Waals surface area contributed by atoms with E-state index < -0.39 is 10.0 Å². The summed E-state index contributed by atoms with van der Waals surface area (Å²) >= 11 is 0. The van der Waals surface area contributed by atoms with Crippen LogP contribution in [0.2, 0.25) is 0 Å². The van der Waals surface area contributed by atoms with Gasteiger partial charge in [0.1, 0.15) is 0 Å². The number of amides is 1. The fraction of sp³-hybridized carbons (Fsp3) is 0.611. The minimum absolute atomic E-state index is 0.0452. The highest BCUT2D eigenvalue weighted by molar-refractivity contribution is 7.89. The van der Waals surface area contributed by atoms with Crippen LogP contribution in [0.15, 0.2) is 29.2 Å². The van der Waals surface area contributed by atoms with E-state index >= 15 is 0 Å². The summed E-state index contributed by atoms with van der Waals surface area (Å²) in [4.78, 5) is 12.6. The molecule has 1 heterocycles. The van der Waals surface area contributed by atoms with Gasteiger partial charge in [0.25, 0.3) is 0 Å². The number of carbonyl (C=O) groups excluding carboxylic acids is 1. The first-order valence-electron chi connectivity index (χ1n) is 8.59. The summed E-state index contributed by atoms with van der Waals surface area (Å²) in [7, 11) is -3.47. The maximum atomic E-state index is 12.7. The predicted molar refractivity (Wildman–Crippen MR) is 95.1 cm³/mol. The van der Waals surface area contributed by atoms with Gasteiger partial charge in [-0.1, -0.05) is 26.0 Å². The number of aryl methyl sites for hydroxylation is 1. The van der Waals surface area contributed by atoms with Gasteiger partial charge in [-0.3, -0.25) is 4.79 Å². The second kappa shape index (κ2) is 7.66. The lowest BCUT2D eigenvalue weighted by atomic mass is 9.96. The molecular formula is C18H28N2O3S. The van der Waals surface area contributed by atoms with Crippen LogP contribution < -0.4 is 5.32 Å². The molecule has 24 heavy (non-hydrogen) atoms. The largest absolute Gasteiger partial charge is 0.353 e. The Bertz CT molecular complexity index is 677. The second-order valence-electron chi connectivity index (χ2n) is 7.04. The molecule has 1 fully saturated rings.